The van der Waals surface area contributed by atoms with Crippen molar-refractivity contribution in [3.63, 3.8) is 0 Å². The predicted octanol–water partition coefficient (Wildman–Crippen LogP) is 6.64. The molecule has 2 aromatic heterocycles. The Hall–Kier alpha value is -1.99. The van der Waals surface area contributed by atoms with Gasteiger partial charge in [0, 0.05) is 25.1 Å². The first-order valence-electron chi connectivity index (χ1n) is 11.5. The highest BCUT2D eigenvalue weighted by Gasteiger charge is 2.34. The second-order valence-electron chi connectivity index (χ2n) is 7.89. The highest BCUT2D eigenvalue weighted by molar-refractivity contribution is 8.18. The fraction of sp³-hybridized carbons (Fsp3) is 0.542. The molecule has 0 bridgehead atoms. The van der Waals surface area contributed by atoms with E-state index in [0.29, 0.717) is 18.1 Å². The van der Waals surface area contributed by atoms with E-state index in [1.807, 2.05) is 35.0 Å². The first-order chi connectivity index (χ1) is 15.2. The lowest BCUT2D eigenvalue weighted by atomic mass is 10.1. The van der Waals surface area contributed by atoms with Gasteiger partial charge < -0.3 is 9.14 Å². The van der Waals surface area contributed by atoms with Crippen LogP contribution in [0.2, 0.25) is 0 Å². The molecule has 32 heavy (non-hydrogen) atoms. The second-order valence-corrected chi connectivity index (χ2v) is 8.88. The number of thioether (sulfide) groups is 1. The van der Waals surface area contributed by atoms with Gasteiger partial charge in [-0.1, -0.05) is 51.5 Å². The number of amides is 2. The third-order valence-corrected chi connectivity index (χ3v) is 6.38. The van der Waals surface area contributed by atoms with E-state index < -0.39 is 0 Å². The van der Waals surface area contributed by atoms with Crippen molar-refractivity contribution in [1.82, 2.24) is 14.3 Å². The maximum Gasteiger partial charge on any atom is 0.293 e. The molecule has 8 heteroatoms. The van der Waals surface area contributed by atoms with Gasteiger partial charge in [-0.05, 0) is 49.6 Å². The van der Waals surface area contributed by atoms with Crippen molar-refractivity contribution < 1.29 is 14.3 Å². The number of fused-ring (bicyclic) bond motifs is 1. The number of rotatable bonds is 14. The molecule has 1 aliphatic heterocycles. The zero-order chi connectivity index (χ0) is 21.9. The molecular formula is C24H34ClN3O3S. The summed E-state index contributed by atoms with van der Waals surface area (Å²) in [5, 5.41) is -0.154. The van der Waals surface area contributed by atoms with Gasteiger partial charge in [0.1, 0.15) is 0 Å². The maximum absolute atomic E-state index is 12.5. The van der Waals surface area contributed by atoms with E-state index >= 15 is 0 Å². The molecule has 0 aliphatic carbocycles. The van der Waals surface area contributed by atoms with Gasteiger partial charge in [-0.2, -0.15) is 0 Å². The number of imide groups is 1. The maximum atomic E-state index is 12.5. The Morgan fingerprint density at radius 3 is 2.62 bits per heavy atom. The summed E-state index contributed by atoms with van der Waals surface area (Å²) in [6.45, 7) is 3.19. The minimum absolute atomic E-state index is 0. The summed E-state index contributed by atoms with van der Waals surface area (Å²) in [7, 11) is 0. The molecule has 176 valence electrons. The van der Waals surface area contributed by atoms with Crippen molar-refractivity contribution in [3.05, 3.63) is 41.7 Å². The molecule has 2 amide bonds. The van der Waals surface area contributed by atoms with Crippen molar-refractivity contribution >= 4 is 41.0 Å². The molecule has 0 aromatic carbocycles. The third kappa shape index (κ3) is 7.55. The summed E-state index contributed by atoms with van der Waals surface area (Å²) < 4.78 is 7.75. The molecule has 2 aromatic rings. The van der Waals surface area contributed by atoms with Crippen LogP contribution in [-0.2, 0) is 4.79 Å². The van der Waals surface area contributed by atoms with Crippen molar-refractivity contribution in [1.29, 1.82) is 0 Å². The van der Waals surface area contributed by atoms with Gasteiger partial charge in [0.25, 0.3) is 11.1 Å². The molecule has 3 heterocycles. The van der Waals surface area contributed by atoms with Crippen LogP contribution in [0, 0.1) is 0 Å². The van der Waals surface area contributed by atoms with Crippen LogP contribution >= 0.6 is 24.2 Å². The molecule has 0 N–H and O–H groups in total. The molecule has 6 nitrogen and oxygen atoms in total. The first kappa shape index (κ1) is 26.3. The van der Waals surface area contributed by atoms with E-state index in [9.17, 15) is 9.59 Å². The lowest BCUT2D eigenvalue weighted by Crippen LogP contribution is -2.29. The molecule has 0 unspecified atom stereocenters. The Bertz CT molecular complexity index is 899. The van der Waals surface area contributed by atoms with Crippen molar-refractivity contribution in [2.24, 2.45) is 0 Å². The number of hydrogen-bond donors (Lipinski definition) is 0. The Balaban J connectivity index is 0.00000363. The van der Waals surface area contributed by atoms with E-state index in [2.05, 4.69) is 11.9 Å². The average Bonchev–Trinajstić information content (AvgIpc) is 3.35. The zero-order valence-electron chi connectivity index (χ0n) is 18.8. The van der Waals surface area contributed by atoms with Crippen molar-refractivity contribution in [3.8, 4) is 5.75 Å². The standard InChI is InChI=1S/C24H33N3O3S.ClH/c1-2-3-4-5-6-7-8-9-14-21-23(28)27(24(29)31-21)17-10-11-19-30-20-13-12-16-26-18-15-25-22(20)26;/h12-16,18H,2-11,17,19H2,1H3;1H. The lowest BCUT2D eigenvalue weighted by Gasteiger charge is -2.12. The van der Waals surface area contributed by atoms with Gasteiger partial charge in [0.05, 0.1) is 11.5 Å². The van der Waals surface area contributed by atoms with Gasteiger partial charge in [-0.15, -0.1) is 12.4 Å². The van der Waals surface area contributed by atoms with Crippen LogP contribution in [0.25, 0.3) is 5.65 Å². The summed E-state index contributed by atoms with van der Waals surface area (Å²) in [5.74, 6) is 0.605. The fourth-order valence-electron chi connectivity index (χ4n) is 3.65. The summed E-state index contributed by atoms with van der Waals surface area (Å²) in [6, 6.07) is 3.82. The lowest BCUT2D eigenvalue weighted by molar-refractivity contribution is -0.122. The summed E-state index contributed by atoms with van der Waals surface area (Å²) in [4.78, 5) is 31.0. The Labute approximate surface area is 201 Å². The summed E-state index contributed by atoms with van der Waals surface area (Å²) in [6.07, 6.45) is 18.6. The number of nitrogens with zero attached hydrogens (tertiary/aromatic N) is 3. The summed E-state index contributed by atoms with van der Waals surface area (Å²) in [5.41, 5.74) is 0.791. The Morgan fingerprint density at radius 1 is 1.03 bits per heavy atom. The number of imidazole rings is 1. The number of halogens is 1. The molecule has 0 spiro atoms. The van der Waals surface area contributed by atoms with Crippen LogP contribution in [0.15, 0.2) is 41.7 Å². The highest BCUT2D eigenvalue weighted by Crippen LogP contribution is 2.31. The second kappa shape index (κ2) is 14.2. The minimum atomic E-state index is -0.154. The monoisotopic (exact) mass is 479 g/mol. The van der Waals surface area contributed by atoms with Gasteiger partial charge in [-0.3, -0.25) is 14.5 Å². The number of aromatic nitrogens is 2. The number of ether oxygens (including phenoxy) is 1. The van der Waals surface area contributed by atoms with Crippen LogP contribution in [-0.4, -0.2) is 38.6 Å². The quantitative estimate of drug-likeness (QED) is 0.224. The van der Waals surface area contributed by atoms with E-state index in [4.69, 9.17) is 4.74 Å². The van der Waals surface area contributed by atoms with E-state index in [1.54, 1.807) is 6.20 Å². The molecule has 1 fully saturated rings. The molecule has 1 aliphatic rings. The smallest absolute Gasteiger partial charge is 0.293 e. The van der Waals surface area contributed by atoms with Gasteiger partial charge in [-0.25, -0.2) is 4.98 Å². The van der Waals surface area contributed by atoms with Crippen LogP contribution in [0.4, 0.5) is 4.79 Å². The van der Waals surface area contributed by atoms with Gasteiger partial charge in [0.15, 0.2) is 11.4 Å². The topological polar surface area (TPSA) is 63.9 Å². The molecule has 0 radical (unpaired) electrons. The summed E-state index contributed by atoms with van der Waals surface area (Å²) >= 11 is 1.08. The number of carbonyl (C=O) groups is 2. The van der Waals surface area contributed by atoms with Crippen molar-refractivity contribution in [2.45, 2.75) is 71.1 Å². The molecule has 0 saturated carbocycles. The van der Waals surface area contributed by atoms with E-state index in [0.717, 1.165) is 48.8 Å². The van der Waals surface area contributed by atoms with Crippen LogP contribution in [0.3, 0.4) is 0 Å². The predicted molar refractivity (Wildman–Crippen MR) is 133 cm³/mol. The van der Waals surface area contributed by atoms with Crippen molar-refractivity contribution in [2.75, 3.05) is 13.2 Å². The largest absolute Gasteiger partial charge is 0.490 e. The molecule has 1 saturated heterocycles. The normalized spacial score (nSPS) is 15.0. The van der Waals surface area contributed by atoms with Gasteiger partial charge >= 0.3 is 0 Å². The average molecular weight is 480 g/mol. The number of allylic oxidation sites excluding steroid dienone is 1. The Morgan fingerprint density at radius 2 is 1.81 bits per heavy atom. The molecule has 0 atom stereocenters. The number of carbonyl (C=O) groups excluding carboxylic acids is 2. The third-order valence-electron chi connectivity index (χ3n) is 5.43. The zero-order valence-corrected chi connectivity index (χ0v) is 20.5. The number of hydrogen-bond acceptors (Lipinski definition) is 5. The van der Waals surface area contributed by atoms with Crippen LogP contribution in [0.5, 0.6) is 5.75 Å². The minimum Gasteiger partial charge on any atom is -0.490 e. The molecule has 3 rings (SSSR count). The fourth-order valence-corrected chi connectivity index (χ4v) is 4.52. The van der Waals surface area contributed by atoms with Crippen LogP contribution < -0.4 is 4.74 Å². The molecular weight excluding hydrogens is 446 g/mol. The van der Waals surface area contributed by atoms with E-state index in [1.165, 1.54) is 43.4 Å². The first-order valence-corrected chi connectivity index (χ1v) is 12.3. The highest BCUT2D eigenvalue weighted by atomic mass is 35.5. The SMILES string of the molecule is CCCCCCCCCC=C1SC(=O)N(CCCCOc2cccn3ccnc23)C1=O.Cl. The van der Waals surface area contributed by atoms with E-state index in [-0.39, 0.29) is 23.6 Å². The Kier molecular flexibility index (Phi) is 11.7. The number of unbranched alkanes of at least 4 members (excludes halogenated alkanes) is 8. The number of pyridine rings is 1. The van der Waals surface area contributed by atoms with Gasteiger partial charge in [0.2, 0.25) is 0 Å². The van der Waals surface area contributed by atoms with Crippen LogP contribution in [0.1, 0.15) is 71.1 Å².